The van der Waals surface area contributed by atoms with E-state index in [4.69, 9.17) is 14.2 Å². The highest BCUT2D eigenvalue weighted by Gasteiger charge is 2.72. The zero-order chi connectivity index (χ0) is 31.6. The van der Waals surface area contributed by atoms with Gasteiger partial charge in [0.05, 0.1) is 18.8 Å². The van der Waals surface area contributed by atoms with Gasteiger partial charge < -0.3 is 44.8 Å². The van der Waals surface area contributed by atoms with Gasteiger partial charge in [-0.2, -0.15) is 0 Å². The molecule has 4 saturated carbocycles. The molecule has 6 N–H and O–H groups in total. The van der Waals surface area contributed by atoms with E-state index < -0.39 is 96.0 Å². The molecule has 1 saturated heterocycles. The summed E-state index contributed by atoms with van der Waals surface area (Å²) >= 11 is 0. The van der Waals surface area contributed by atoms with Crippen LogP contribution in [0.4, 0.5) is 0 Å². The van der Waals surface area contributed by atoms with Gasteiger partial charge in [-0.15, -0.1) is 0 Å². The van der Waals surface area contributed by atoms with E-state index in [1.54, 1.807) is 6.92 Å². The van der Waals surface area contributed by atoms with Gasteiger partial charge in [-0.05, 0) is 81.1 Å². The molecule has 5 rings (SSSR count). The fraction of sp³-hybridized carbons (Fsp3) is 0.774. The Labute approximate surface area is 250 Å². The molecular weight excluding hydrogens is 564 g/mol. The lowest BCUT2D eigenvalue weighted by atomic mass is 9.40. The zero-order valence-corrected chi connectivity index (χ0v) is 24.8. The van der Waals surface area contributed by atoms with Crippen molar-refractivity contribution >= 4 is 17.9 Å². The normalized spacial score (nSPS) is 45.6. The third kappa shape index (κ3) is 4.67. The van der Waals surface area contributed by atoms with Crippen LogP contribution in [-0.2, 0) is 28.6 Å². The third-order valence-electron chi connectivity index (χ3n) is 11.8. The summed E-state index contributed by atoms with van der Waals surface area (Å²) in [6, 6.07) is 0. The Kier molecular flexibility index (Phi) is 8.37. The molecule has 12 atom stereocenters. The second-order valence-electron chi connectivity index (χ2n) is 13.6. The summed E-state index contributed by atoms with van der Waals surface area (Å²) in [7, 11) is 0. The molecule has 1 aliphatic heterocycles. The predicted molar refractivity (Wildman–Crippen MR) is 148 cm³/mol. The van der Waals surface area contributed by atoms with Crippen LogP contribution in [0.25, 0.3) is 0 Å². The van der Waals surface area contributed by atoms with Crippen LogP contribution in [0.15, 0.2) is 23.8 Å². The monoisotopic (exact) mass is 608 g/mol. The van der Waals surface area contributed by atoms with Crippen LogP contribution in [-0.4, -0.2) is 98.1 Å². The minimum absolute atomic E-state index is 0.167. The van der Waals surface area contributed by atoms with E-state index >= 15 is 0 Å². The number of aliphatic carboxylic acids is 2. The SMILES string of the molecule is C=C1[C@@H]2CC[C@@H]3[C@@](CCC4C(C(=O)O)(C(=O)O)C[C@@H](O[C@@H]5O[C@H](CO)[C@@H](O)[C@H](O)[C@H]5OC(=O)/C(C)=C\C)C[C@]43C)(C2)[C@H]1O. The Bertz CT molecular complexity index is 1180. The maximum atomic E-state index is 13.0. The van der Waals surface area contributed by atoms with E-state index in [1.165, 1.54) is 13.0 Å². The van der Waals surface area contributed by atoms with Crippen LogP contribution < -0.4 is 0 Å². The molecule has 12 heteroatoms. The second-order valence-corrected chi connectivity index (χ2v) is 13.6. The number of aliphatic hydroxyl groups is 4. The van der Waals surface area contributed by atoms with Crippen LogP contribution in [0.1, 0.15) is 65.7 Å². The van der Waals surface area contributed by atoms with Crippen LogP contribution in [0.3, 0.4) is 0 Å². The molecule has 12 nitrogen and oxygen atoms in total. The predicted octanol–water partition coefficient (Wildman–Crippen LogP) is 1.39. The first-order valence-corrected chi connectivity index (χ1v) is 15.1. The average molecular weight is 609 g/mol. The number of hydrogen-bond donors (Lipinski definition) is 6. The van der Waals surface area contributed by atoms with Gasteiger partial charge >= 0.3 is 17.9 Å². The third-order valence-corrected chi connectivity index (χ3v) is 11.8. The summed E-state index contributed by atoms with van der Waals surface area (Å²) < 4.78 is 17.5. The van der Waals surface area contributed by atoms with Crippen molar-refractivity contribution in [2.45, 2.75) is 109 Å². The number of esters is 1. The van der Waals surface area contributed by atoms with Crippen molar-refractivity contribution in [1.29, 1.82) is 0 Å². The van der Waals surface area contributed by atoms with Crippen LogP contribution in [0.2, 0.25) is 0 Å². The van der Waals surface area contributed by atoms with E-state index in [0.717, 1.165) is 18.4 Å². The summed E-state index contributed by atoms with van der Waals surface area (Å²) in [5.41, 5.74) is -2.64. The molecular formula is C31H44O12. The minimum Gasteiger partial charge on any atom is -0.480 e. The minimum atomic E-state index is -2.21. The first-order valence-electron chi connectivity index (χ1n) is 15.1. The Morgan fingerprint density at radius 1 is 1.02 bits per heavy atom. The maximum absolute atomic E-state index is 13.0. The summed E-state index contributed by atoms with van der Waals surface area (Å²) in [6.07, 6.45) is -5.27. The number of fused-ring (bicyclic) bond motifs is 3. The largest absolute Gasteiger partial charge is 0.480 e. The quantitative estimate of drug-likeness (QED) is 0.0799. The molecule has 240 valence electrons. The fourth-order valence-electron chi connectivity index (χ4n) is 9.59. The fourth-order valence-corrected chi connectivity index (χ4v) is 9.59. The number of allylic oxidation sites excluding steroid dienone is 1. The molecule has 0 aromatic rings. The highest BCUT2D eigenvalue weighted by Crippen LogP contribution is 2.72. The van der Waals surface area contributed by atoms with E-state index in [2.05, 4.69) is 6.58 Å². The van der Waals surface area contributed by atoms with E-state index in [1.807, 2.05) is 6.92 Å². The van der Waals surface area contributed by atoms with Crippen molar-refractivity contribution in [3.63, 3.8) is 0 Å². The van der Waals surface area contributed by atoms with Gasteiger partial charge in [0.15, 0.2) is 17.8 Å². The molecule has 4 aliphatic carbocycles. The van der Waals surface area contributed by atoms with Crippen molar-refractivity contribution in [1.82, 2.24) is 0 Å². The van der Waals surface area contributed by atoms with Gasteiger partial charge in [-0.3, -0.25) is 9.59 Å². The molecule has 43 heavy (non-hydrogen) atoms. The number of aliphatic hydroxyl groups excluding tert-OH is 4. The molecule has 0 aromatic carbocycles. The van der Waals surface area contributed by atoms with E-state index in [9.17, 15) is 45.0 Å². The lowest BCUT2D eigenvalue weighted by Gasteiger charge is -2.64. The Morgan fingerprint density at radius 2 is 1.70 bits per heavy atom. The highest BCUT2D eigenvalue weighted by atomic mass is 16.7. The first-order chi connectivity index (χ1) is 20.2. The van der Waals surface area contributed by atoms with Gasteiger partial charge in [0.25, 0.3) is 0 Å². The topological polar surface area (TPSA) is 200 Å². The number of rotatable bonds is 7. The number of carboxylic acids is 2. The van der Waals surface area contributed by atoms with Crippen molar-refractivity contribution < 1.29 is 59.2 Å². The van der Waals surface area contributed by atoms with Gasteiger partial charge in [-0.25, -0.2) is 4.79 Å². The Hall–Kier alpha value is -2.35. The number of hydrogen-bond acceptors (Lipinski definition) is 10. The number of carbonyl (C=O) groups is 3. The second kappa shape index (κ2) is 11.2. The molecule has 5 fully saturated rings. The number of ether oxygens (including phenoxy) is 3. The molecule has 0 amide bonds. The van der Waals surface area contributed by atoms with E-state index in [-0.39, 0.29) is 23.8 Å². The number of carboxylic acid groups (broad SMARTS) is 2. The smallest absolute Gasteiger partial charge is 0.333 e. The molecule has 0 aromatic heterocycles. The van der Waals surface area contributed by atoms with Gasteiger partial charge in [-0.1, -0.05) is 19.6 Å². The molecule has 1 spiro atoms. The van der Waals surface area contributed by atoms with Gasteiger partial charge in [0.2, 0.25) is 0 Å². The van der Waals surface area contributed by atoms with Gasteiger partial charge in [0, 0.05) is 17.4 Å². The van der Waals surface area contributed by atoms with Crippen LogP contribution in [0, 0.1) is 34.0 Å². The molecule has 0 radical (unpaired) electrons. The number of carbonyl (C=O) groups excluding carboxylic acids is 1. The summed E-state index contributed by atoms with van der Waals surface area (Å²) in [5.74, 6) is -4.55. The molecule has 1 unspecified atom stereocenters. The Morgan fingerprint density at radius 3 is 2.30 bits per heavy atom. The lowest BCUT2D eigenvalue weighted by Crippen LogP contribution is -2.66. The summed E-state index contributed by atoms with van der Waals surface area (Å²) in [5, 5.41) is 63.7. The molecule has 1 heterocycles. The van der Waals surface area contributed by atoms with Crippen molar-refractivity contribution in [3.05, 3.63) is 23.8 Å². The van der Waals surface area contributed by atoms with Crippen molar-refractivity contribution in [2.75, 3.05) is 6.61 Å². The lowest BCUT2D eigenvalue weighted by molar-refractivity contribution is -0.323. The maximum Gasteiger partial charge on any atom is 0.333 e. The summed E-state index contributed by atoms with van der Waals surface area (Å²) in [6.45, 7) is 8.48. The first kappa shape index (κ1) is 32.1. The van der Waals surface area contributed by atoms with Gasteiger partial charge in [0.1, 0.15) is 18.3 Å². The van der Waals surface area contributed by atoms with Crippen molar-refractivity contribution in [3.8, 4) is 0 Å². The Balaban J connectivity index is 1.53. The standard InChI is InChI=1S/C31H44O12/c1-5-14(2)25(36)43-23-22(34)21(33)18(13-32)42-26(23)41-17-11-29(4)19-7-6-16-10-30(19,24(35)15(16)3)9-8-20(29)31(12-17,27(37)38)28(39)40/h5,16-24,26,32-35H,3,6-13H2,1-2,4H3,(H,37,38)(H,39,40)/b14-5-/t16-,17+,18-,19+,20?,21-,22+,23-,24+,26-,29+,30-/m1/s1. The average Bonchev–Trinajstić information content (AvgIpc) is 3.14. The van der Waals surface area contributed by atoms with Crippen molar-refractivity contribution in [2.24, 2.45) is 34.0 Å². The van der Waals surface area contributed by atoms with Crippen LogP contribution in [0.5, 0.6) is 0 Å². The molecule has 2 bridgehead atoms. The zero-order valence-electron chi connectivity index (χ0n) is 24.8. The van der Waals surface area contributed by atoms with Crippen LogP contribution >= 0.6 is 0 Å². The van der Waals surface area contributed by atoms with E-state index in [0.29, 0.717) is 19.3 Å². The summed E-state index contributed by atoms with van der Waals surface area (Å²) in [4.78, 5) is 38.6. The molecule has 5 aliphatic rings. The highest BCUT2D eigenvalue weighted by molar-refractivity contribution is 5.99.